The van der Waals surface area contributed by atoms with Gasteiger partial charge in [-0.15, -0.1) is 0 Å². The van der Waals surface area contributed by atoms with E-state index in [9.17, 15) is 13.2 Å². The molecular weight excluding hydrogens is 268 g/mol. The summed E-state index contributed by atoms with van der Waals surface area (Å²) in [5.74, 6) is -1.34. The zero-order valence-corrected chi connectivity index (χ0v) is 11.4. The van der Waals surface area contributed by atoms with Gasteiger partial charge in [-0.2, -0.15) is 4.31 Å². The number of rotatable bonds is 4. The third-order valence-electron chi connectivity index (χ3n) is 2.92. The normalized spacial score (nSPS) is 15.2. The van der Waals surface area contributed by atoms with Crippen molar-refractivity contribution in [3.05, 3.63) is 29.3 Å². The van der Waals surface area contributed by atoms with Crippen LogP contribution in [0.1, 0.15) is 18.1 Å². The summed E-state index contributed by atoms with van der Waals surface area (Å²) in [5.41, 5.74) is 8.06. The van der Waals surface area contributed by atoms with Gasteiger partial charge in [-0.3, -0.25) is 4.79 Å². The molecule has 1 aromatic carbocycles. The summed E-state index contributed by atoms with van der Waals surface area (Å²) in [6.07, 6.45) is 0. The number of sulfonamides is 1. The molecule has 0 spiro atoms. The maximum atomic E-state index is 12.1. The molecule has 1 aliphatic heterocycles. The Morgan fingerprint density at radius 3 is 2.74 bits per heavy atom. The van der Waals surface area contributed by atoms with E-state index in [4.69, 9.17) is 5.73 Å². The van der Waals surface area contributed by atoms with Crippen molar-refractivity contribution in [2.45, 2.75) is 20.0 Å². The SMILES string of the molecule is CCOC(=O)CS(=O)(=O)N1Cc2ccc(N)cc2C1. The zero-order chi connectivity index (χ0) is 14.0. The van der Waals surface area contributed by atoms with E-state index in [0.29, 0.717) is 5.69 Å². The monoisotopic (exact) mass is 284 g/mol. The molecule has 0 aromatic heterocycles. The minimum atomic E-state index is -3.64. The molecule has 19 heavy (non-hydrogen) atoms. The number of anilines is 1. The molecule has 2 N–H and O–H groups in total. The number of carbonyl (C=O) groups is 1. The lowest BCUT2D eigenvalue weighted by molar-refractivity contribution is -0.140. The summed E-state index contributed by atoms with van der Waals surface area (Å²) in [5, 5.41) is 0. The summed E-state index contributed by atoms with van der Waals surface area (Å²) in [4.78, 5) is 11.3. The van der Waals surface area contributed by atoms with Crippen LogP contribution in [-0.4, -0.2) is 31.1 Å². The molecule has 104 valence electrons. The summed E-state index contributed by atoms with van der Waals surface area (Å²) >= 11 is 0. The standard InChI is InChI=1S/C12H16N2O4S/c1-2-18-12(15)8-19(16,17)14-6-9-3-4-11(13)5-10(9)7-14/h3-5H,2,6-8,13H2,1H3. The average Bonchev–Trinajstić information content (AvgIpc) is 2.72. The van der Waals surface area contributed by atoms with E-state index >= 15 is 0 Å². The highest BCUT2D eigenvalue weighted by molar-refractivity contribution is 7.89. The first-order valence-corrected chi connectivity index (χ1v) is 7.54. The van der Waals surface area contributed by atoms with E-state index in [1.165, 1.54) is 4.31 Å². The van der Waals surface area contributed by atoms with Crippen LogP contribution in [-0.2, 0) is 32.6 Å². The van der Waals surface area contributed by atoms with E-state index in [2.05, 4.69) is 4.74 Å². The maximum Gasteiger partial charge on any atom is 0.322 e. The minimum absolute atomic E-state index is 0.172. The number of carbonyl (C=O) groups excluding carboxylic acids is 1. The molecule has 0 amide bonds. The zero-order valence-electron chi connectivity index (χ0n) is 10.6. The predicted molar refractivity (Wildman–Crippen MR) is 70.5 cm³/mol. The number of esters is 1. The first-order chi connectivity index (χ1) is 8.92. The first kappa shape index (κ1) is 13.8. The Labute approximate surface area is 112 Å². The van der Waals surface area contributed by atoms with Gasteiger partial charge in [0, 0.05) is 18.8 Å². The summed E-state index contributed by atoms with van der Waals surface area (Å²) in [6.45, 7) is 2.34. The van der Waals surface area contributed by atoms with Crippen LogP contribution in [0.15, 0.2) is 18.2 Å². The number of ether oxygens (including phenoxy) is 1. The van der Waals surface area contributed by atoms with Crippen LogP contribution in [0.3, 0.4) is 0 Å². The Bertz CT molecular complexity index is 598. The van der Waals surface area contributed by atoms with Crippen LogP contribution in [0.25, 0.3) is 0 Å². The molecule has 0 bridgehead atoms. The first-order valence-electron chi connectivity index (χ1n) is 5.93. The molecule has 0 fully saturated rings. The highest BCUT2D eigenvalue weighted by Gasteiger charge is 2.31. The fourth-order valence-electron chi connectivity index (χ4n) is 2.02. The Balaban J connectivity index is 2.11. The molecule has 1 heterocycles. The molecule has 7 heteroatoms. The van der Waals surface area contributed by atoms with Crippen molar-refractivity contribution in [3.8, 4) is 0 Å². The number of benzene rings is 1. The van der Waals surface area contributed by atoms with Crippen LogP contribution >= 0.6 is 0 Å². The van der Waals surface area contributed by atoms with E-state index in [1.807, 2.05) is 6.07 Å². The van der Waals surface area contributed by atoms with Gasteiger partial charge in [0.05, 0.1) is 6.61 Å². The number of hydrogen-bond acceptors (Lipinski definition) is 5. The van der Waals surface area contributed by atoms with Crippen molar-refractivity contribution < 1.29 is 17.9 Å². The lowest BCUT2D eigenvalue weighted by Gasteiger charge is -2.14. The number of nitrogen functional groups attached to an aromatic ring is 1. The third-order valence-corrected chi connectivity index (χ3v) is 4.57. The van der Waals surface area contributed by atoms with E-state index < -0.39 is 21.7 Å². The minimum Gasteiger partial charge on any atom is -0.465 e. The highest BCUT2D eigenvalue weighted by Crippen LogP contribution is 2.27. The third kappa shape index (κ3) is 3.05. The lowest BCUT2D eigenvalue weighted by Crippen LogP contribution is -2.32. The quantitative estimate of drug-likeness (QED) is 0.641. The molecule has 2 rings (SSSR count). The van der Waals surface area contributed by atoms with Crippen molar-refractivity contribution in [1.29, 1.82) is 0 Å². The second-order valence-electron chi connectivity index (χ2n) is 4.36. The predicted octanol–water partition coefficient (Wildman–Crippen LogP) is 0.477. The second-order valence-corrected chi connectivity index (χ2v) is 6.33. The molecular formula is C12H16N2O4S. The topological polar surface area (TPSA) is 89.7 Å². The number of nitrogens with zero attached hydrogens (tertiary/aromatic N) is 1. The number of nitrogens with two attached hydrogens (primary N) is 1. The molecule has 0 atom stereocenters. The smallest absolute Gasteiger partial charge is 0.322 e. The molecule has 0 saturated heterocycles. The number of hydrogen-bond donors (Lipinski definition) is 1. The fourth-order valence-corrected chi connectivity index (χ4v) is 3.26. The van der Waals surface area contributed by atoms with Crippen molar-refractivity contribution in [2.75, 3.05) is 18.1 Å². The molecule has 0 unspecified atom stereocenters. The van der Waals surface area contributed by atoms with Gasteiger partial charge in [0.1, 0.15) is 0 Å². The van der Waals surface area contributed by atoms with Crippen molar-refractivity contribution in [1.82, 2.24) is 4.31 Å². The van der Waals surface area contributed by atoms with E-state index in [1.54, 1.807) is 19.1 Å². The summed E-state index contributed by atoms with van der Waals surface area (Å²) in [7, 11) is -3.64. The van der Waals surface area contributed by atoms with Gasteiger partial charge in [-0.1, -0.05) is 6.07 Å². The summed E-state index contributed by atoms with van der Waals surface area (Å²) in [6, 6.07) is 5.31. The Morgan fingerprint density at radius 2 is 2.05 bits per heavy atom. The highest BCUT2D eigenvalue weighted by atomic mass is 32.2. The Morgan fingerprint density at radius 1 is 1.37 bits per heavy atom. The van der Waals surface area contributed by atoms with Gasteiger partial charge < -0.3 is 10.5 Å². The van der Waals surface area contributed by atoms with Gasteiger partial charge in [0.25, 0.3) is 0 Å². The maximum absolute atomic E-state index is 12.1. The molecule has 0 aliphatic carbocycles. The molecule has 0 saturated carbocycles. The van der Waals surface area contributed by atoms with Gasteiger partial charge in [-0.25, -0.2) is 8.42 Å². The van der Waals surface area contributed by atoms with Crippen LogP contribution < -0.4 is 5.73 Å². The van der Waals surface area contributed by atoms with Crippen molar-refractivity contribution in [3.63, 3.8) is 0 Å². The van der Waals surface area contributed by atoms with E-state index in [-0.39, 0.29) is 19.7 Å². The van der Waals surface area contributed by atoms with Crippen LogP contribution in [0.2, 0.25) is 0 Å². The Hall–Kier alpha value is -1.60. The number of fused-ring (bicyclic) bond motifs is 1. The molecule has 1 aromatic rings. The van der Waals surface area contributed by atoms with Gasteiger partial charge >= 0.3 is 5.97 Å². The average molecular weight is 284 g/mol. The largest absolute Gasteiger partial charge is 0.465 e. The van der Waals surface area contributed by atoms with Crippen molar-refractivity contribution >= 4 is 21.7 Å². The second kappa shape index (κ2) is 5.18. The molecule has 0 radical (unpaired) electrons. The van der Waals surface area contributed by atoms with Gasteiger partial charge in [0.2, 0.25) is 10.0 Å². The van der Waals surface area contributed by atoms with Crippen LogP contribution in [0.5, 0.6) is 0 Å². The van der Waals surface area contributed by atoms with E-state index in [0.717, 1.165) is 11.1 Å². The van der Waals surface area contributed by atoms with Gasteiger partial charge in [0.15, 0.2) is 5.75 Å². The van der Waals surface area contributed by atoms with Crippen molar-refractivity contribution in [2.24, 2.45) is 0 Å². The van der Waals surface area contributed by atoms with Crippen LogP contribution in [0.4, 0.5) is 5.69 Å². The van der Waals surface area contributed by atoms with Crippen LogP contribution in [0, 0.1) is 0 Å². The summed E-state index contributed by atoms with van der Waals surface area (Å²) < 4.78 is 30.1. The Kier molecular flexibility index (Phi) is 3.77. The van der Waals surface area contributed by atoms with Gasteiger partial charge in [-0.05, 0) is 30.2 Å². The molecule has 6 nitrogen and oxygen atoms in total. The fraction of sp³-hybridized carbons (Fsp3) is 0.417. The lowest BCUT2D eigenvalue weighted by atomic mass is 10.1. The molecule has 1 aliphatic rings.